The van der Waals surface area contributed by atoms with Crippen LogP contribution in [0.5, 0.6) is 5.75 Å². The topological polar surface area (TPSA) is 46.6 Å². The van der Waals surface area contributed by atoms with Crippen LogP contribution in [0.25, 0.3) is 0 Å². The van der Waals surface area contributed by atoms with Crippen LogP contribution in [-0.2, 0) is 16.4 Å². The summed E-state index contributed by atoms with van der Waals surface area (Å²) in [6.45, 7) is 0.445. The van der Waals surface area contributed by atoms with Crippen molar-refractivity contribution in [3.8, 4) is 5.75 Å². The second-order valence-electron chi connectivity index (χ2n) is 6.87. The molecule has 1 fully saturated rings. The Labute approximate surface area is 151 Å². The lowest BCUT2D eigenvalue weighted by Crippen LogP contribution is -2.51. The molecule has 2 heterocycles. The molecule has 0 unspecified atom stereocenters. The van der Waals surface area contributed by atoms with Gasteiger partial charge in [-0.15, -0.1) is 0 Å². The predicted octanol–water partition coefficient (Wildman–Crippen LogP) is 3.51. The lowest BCUT2D eigenvalue weighted by Gasteiger charge is -2.44. The zero-order valence-electron chi connectivity index (χ0n) is 14.1. The van der Waals surface area contributed by atoms with E-state index in [9.17, 15) is 17.2 Å². The van der Waals surface area contributed by atoms with Gasteiger partial charge in [0.2, 0.25) is 10.0 Å². The highest BCUT2D eigenvalue weighted by Gasteiger charge is 2.42. The molecule has 0 saturated carbocycles. The maximum absolute atomic E-state index is 13.9. The summed E-state index contributed by atoms with van der Waals surface area (Å²) in [5, 5.41) is 0. The molecule has 26 heavy (non-hydrogen) atoms. The Morgan fingerprint density at radius 1 is 1.00 bits per heavy atom. The minimum atomic E-state index is -4.07. The first-order valence-electron chi connectivity index (χ1n) is 8.62. The Morgan fingerprint density at radius 2 is 1.73 bits per heavy atom. The van der Waals surface area contributed by atoms with Crippen LogP contribution in [-0.4, -0.2) is 31.4 Å². The standard InChI is InChI=1S/C19H19F2NO3S/c20-15-5-6-16(21)18(13-15)26(23,24)22-11-9-19(10-12-22)8-7-14-3-1-2-4-17(14)25-19/h1-6,13H,7-12H2. The van der Waals surface area contributed by atoms with Gasteiger partial charge in [0.25, 0.3) is 0 Å². The zero-order chi connectivity index (χ0) is 18.4. The molecule has 4 rings (SSSR count). The fourth-order valence-electron chi connectivity index (χ4n) is 3.76. The SMILES string of the molecule is O=S(=O)(c1cc(F)ccc1F)N1CCC2(CCc3ccccc3O2)CC1. The third-order valence-corrected chi connectivity index (χ3v) is 7.21. The van der Waals surface area contributed by atoms with Crippen molar-refractivity contribution in [1.29, 1.82) is 0 Å². The number of ether oxygens (including phenoxy) is 1. The molecule has 0 bridgehead atoms. The average Bonchev–Trinajstić information content (AvgIpc) is 2.64. The predicted molar refractivity (Wildman–Crippen MR) is 92.5 cm³/mol. The number of hydrogen-bond acceptors (Lipinski definition) is 3. The number of para-hydroxylation sites is 1. The van der Waals surface area contributed by atoms with Crippen molar-refractivity contribution in [3.05, 3.63) is 59.7 Å². The Hall–Kier alpha value is -1.99. The van der Waals surface area contributed by atoms with Crippen LogP contribution in [0, 0.1) is 11.6 Å². The van der Waals surface area contributed by atoms with Crippen molar-refractivity contribution in [2.45, 2.75) is 36.2 Å². The summed E-state index contributed by atoms with van der Waals surface area (Å²) >= 11 is 0. The van der Waals surface area contributed by atoms with Crippen LogP contribution in [0.2, 0.25) is 0 Å². The molecule has 7 heteroatoms. The van der Waals surface area contributed by atoms with Gasteiger partial charge in [0.15, 0.2) is 0 Å². The Kier molecular flexibility index (Phi) is 4.23. The highest BCUT2D eigenvalue weighted by Crippen LogP contribution is 2.40. The Balaban J connectivity index is 1.53. The molecule has 4 nitrogen and oxygen atoms in total. The highest BCUT2D eigenvalue weighted by molar-refractivity contribution is 7.89. The second kappa shape index (κ2) is 6.32. The van der Waals surface area contributed by atoms with Gasteiger partial charge in [-0.3, -0.25) is 0 Å². The second-order valence-corrected chi connectivity index (χ2v) is 8.78. The molecule has 2 aliphatic rings. The van der Waals surface area contributed by atoms with Crippen molar-refractivity contribution < 1.29 is 21.9 Å². The van der Waals surface area contributed by atoms with Crippen molar-refractivity contribution in [2.75, 3.05) is 13.1 Å². The van der Waals surface area contributed by atoms with Gasteiger partial charge in [-0.05, 0) is 42.7 Å². The number of hydrogen-bond donors (Lipinski definition) is 0. The number of nitrogens with zero attached hydrogens (tertiary/aromatic N) is 1. The van der Waals surface area contributed by atoms with Gasteiger partial charge in [-0.25, -0.2) is 17.2 Å². The molecule has 0 radical (unpaired) electrons. The minimum Gasteiger partial charge on any atom is -0.487 e. The third-order valence-electron chi connectivity index (χ3n) is 5.29. The van der Waals surface area contributed by atoms with Crippen molar-refractivity contribution in [1.82, 2.24) is 4.31 Å². The number of fused-ring (bicyclic) bond motifs is 1. The summed E-state index contributed by atoms with van der Waals surface area (Å²) in [4.78, 5) is -0.608. The molecule has 2 aromatic carbocycles. The highest BCUT2D eigenvalue weighted by atomic mass is 32.2. The smallest absolute Gasteiger partial charge is 0.246 e. The number of benzene rings is 2. The Morgan fingerprint density at radius 3 is 2.50 bits per heavy atom. The van der Waals surface area contributed by atoms with Crippen molar-refractivity contribution in [3.63, 3.8) is 0 Å². The molecule has 2 aliphatic heterocycles. The molecule has 0 aliphatic carbocycles. The van der Waals surface area contributed by atoms with Gasteiger partial charge in [0, 0.05) is 25.9 Å². The summed E-state index contributed by atoms with van der Waals surface area (Å²) in [5.74, 6) is -0.855. The van der Waals surface area contributed by atoms with E-state index in [0.29, 0.717) is 12.8 Å². The normalized spacial score (nSPS) is 19.8. The summed E-state index contributed by atoms with van der Waals surface area (Å²) < 4.78 is 60.2. The van der Waals surface area contributed by atoms with Gasteiger partial charge >= 0.3 is 0 Å². The van der Waals surface area contributed by atoms with Crippen LogP contribution in [0.3, 0.4) is 0 Å². The van der Waals surface area contributed by atoms with Gasteiger partial charge in [0.05, 0.1) is 0 Å². The van der Waals surface area contributed by atoms with Crippen LogP contribution in [0.1, 0.15) is 24.8 Å². The van der Waals surface area contributed by atoms with E-state index in [1.165, 1.54) is 4.31 Å². The summed E-state index contributed by atoms with van der Waals surface area (Å²) in [6, 6.07) is 10.4. The Bertz CT molecular complexity index is 938. The number of halogens is 2. The molecule has 0 amide bonds. The molecule has 1 saturated heterocycles. The number of piperidine rings is 1. The number of aryl methyl sites for hydroxylation is 1. The maximum Gasteiger partial charge on any atom is 0.246 e. The molecule has 2 aromatic rings. The van der Waals surface area contributed by atoms with E-state index in [4.69, 9.17) is 4.74 Å². The van der Waals surface area contributed by atoms with Gasteiger partial charge in [0.1, 0.15) is 27.9 Å². The van der Waals surface area contributed by atoms with Crippen LogP contribution >= 0.6 is 0 Å². The molecule has 138 valence electrons. The quantitative estimate of drug-likeness (QED) is 0.802. The summed E-state index contributed by atoms with van der Waals surface area (Å²) in [6.07, 6.45) is 2.77. The van der Waals surface area contributed by atoms with E-state index in [-0.39, 0.29) is 18.7 Å². The lowest BCUT2D eigenvalue weighted by atomic mass is 9.84. The molecular formula is C19H19F2NO3S. The lowest BCUT2D eigenvalue weighted by molar-refractivity contribution is 0.00178. The fraction of sp³-hybridized carbons (Fsp3) is 0.368. The van der Waals surface area contributed by atoms with E-state index in [1.807, 2.05) is 24.3 Å². The van der Waals surface area contributed by atoms with Gasteiger partial charge in [-0.1, -0.05) is 18.2 Å². The first kappa shape index (κ1) is 17.4. The van der Waals surface area contributed by atoms with Crippen molar-refractivity contribution >= 4 is 10.0 Å². The van der Waals surface area contributed by atoms with Crippen LogP contribution in [0.15, 0.2) is 47.4 Å². The van der Waals surface area contributed by atoms with E-state index in [0.717, 1.165) is 42.4 Å². The third kappa shape index (κ3) is 2.99. The summed E-state index contributed by atoms with van der Waals surface area (Å²) in [7, 11) is -4.07. The molecule has 0 atom stereocenters. The van der Waals surface area contributed by atoms with E-state index in [2.05, 4.69) is 0 Å². The van der Waals surface area contributed by atoms with Gasteiger partial charge in [-0.2, -0.15) is 4.31 Å². The molecular weight excluding hydrogens is 360 g/mol. The molecule has 0 N–H and O–H groups in total. The van der Waals surface area contributed by atoms with E-state index < -0.39 is 26.6 Å². The molecule has 0 aromatic heterocycles. The van der Waals surface area contributed by atoms with E-state index in [1.54, 1.807) is 0 Å². The largest absolute Gasteiger partial charge is 0.487 e. The van der Waals surface area contributed by atoms with Crippen LogP contribution < -0.4 is 4.74 Å². The average molecular weight is 379 g/mol. The van der Waals surface area contributed by atoms with Crippen LogP contribution in [0.4, 0.5) is 8.78 Å². The minimum absolute atomic E-state index is 0.223. The number of sulfonamides is 1. The monoisotopic (exact) mass is 379 g/mol. The molecule has 1 spiro atoms. The number of rotatable bonds is 2. The fourth-order valence-corrected chi connectivity index (χ4v) is 5.27. The zero-order valence-corrected chi connectivity index (χ0v) is 14.9. The first-order chi connectivity index (χ1) is 12.4. The first-order valence-corrected chi connectivity index (χ1v) is 10.1. The van der Waals surface area contributed by atoms with Crippen molar-refractivity contribution in [2.24, 2.45) is 0 Å². The van der Waals surface area contributed by atoms with Gasteiger partial charge < -0.3 is 4.74 Å². The van der Waals surface area contributed by atoms with E-state index >= 15 is 0 Å². The summed E-state index contributed by atoms with van der Waals surface area (Å²) in [5.41, 5.74) is 0.774. The maximum atomic E-state index is 13.9.